The van der Waals surface area contributed by atoms with Crippen LogP contribution >= 0.6 is 0 Å². The molecule has 0 atom stereocenters. The molecule has 26 heavy (non-hydrogen) atoms. The van der Waals surface area contributed by atoms with Crippen LogP contribution < -0.4 is 11.1 Å². The maximum atomic E-state index is 6.21. The molecule has 0 aliphatic heterocycles. The lowest BCUT2D eigenvalue weighted by atomic mass is 10.0. The molecule has 0 unspecified atom stereocenters. The van der Waals surface area contributed by atoms with E-state index in [1.807, 2.05) is 27.0 Å². The first-order chi connectivity index (χ1) is 12.2. The summed E-state index contributed by atoms with van der Waals surface area (Å²) in [5.41, 5.74) is 12.6. The molecule has 0 aliphatic carbocycles. The zero-order valence-corrected chi connectivity index (χ0v) is 17.6. The molecule has 0 amide bonds. The third kappa shape index (κ3) is 3.69. The van der Waals surface area contributed by atoms with Gasteiger partial charge in [-0.25, -0.2) is 4.98 Å². The van der Waals surface area contributed by atoms with Gasteiger partial charge in [0.15, 0.2) is 0 Å². The van der Waals surface area contributed by atoms with Crippen LogP contribution in [-0.2, 0) is 11.3 Å². The lowest BCUT2D eigenvalue weighted by Crippen LogP contribution is -2.39. The van der Waals surface area contributed by atoms with E-state index in [2.05, 4.69) is 53.9 Å². The fourth-order valence-electron chi connectivity index (χ4n) is 3.11. The zero-order chi connectivity index (χ0) is 19.1. The number of nitrogen functional groups attached to an aromatic ring is 1. The van der Waals surface area contributed by atoms with E-state index in [0.29, 0.717) is 6.61 Å². The Morgan fingerprint density at radius 3 is 2.54 bits per heavy atom. The van der Waals surface area contributed by atoms with Crippen molar-refractivity contribution in [3.8, 4) is 11.1 Å². The molecule has 3 rings (SSSR count). The number of ether oxygens (including phenoxy) is 1. The van der Waals surface area contributed by atoms with E-state index in [0.717, 1.165) is 33.4 Å². The molecule has 0 saturated heterocycles. The minimum atomic E-state index is -1.60. The summed E-state index contributed by atoms with van der Waals surface area (Å²) in [7, 11) is -1.60. The predicted octanol–water partition coefficient (Wildman–Crippen LogP) is 4.59. The minimum absolute atomic E-state index is 0.200. The molecule has 0 radical (unpaired) electrons. The minimum Gasteiger partial charge on any atom is -0.398 e. The van der Waals surface area contributed by atoms with Crippen molar-refractivity contribution in [1.82, 2.24) is 9.97 Å². The number of nitrogens with two attached hydrogens (primary N) is 1. The van der Waals surface area contributed by atoms with Crippen LogP contribution in [0.2, 0.25) is 19.6 Å². The van der Waals surface area contributed by atoms with E-state index in [1.54, 1.807) is 0 Å². The molecule has 0 spiro atoms. The van der Waals surface area contributed by atoms with Crippen LogP contribution in [0.1, 0.15) is 25.0 Å². The predicted molar refractivity (Wildman–Crippen MR) is 114 cm³/mol. The van der Waals surface area contributed by atoms with Gasteiger partial charge in [0.05, 0.1) is 20.8 Å². The summed E-state index contributed by atoms with van der Waals surface area (Å²) in [6.07, 6.45) is 2.11. The molecule has 138 valence electrons. The number of pyridine rings is 1. The van der Waals surface area contributed by atoms with E-state index in [4.69, 9.17) is 10.5 Å². The number of hydrogen-bond acceptors (Lipinski definition) is 3. The average molecular weight is 368 g/mol. The van der Waals surface area contributed by atoms with Crippen LogP contribution in [0.15, 0.2) is 30.5 Å². The van der Waals surface area contributed by atoms with Crippen molar-refractivity contribution in [3.05, 3.63) is 41.6 Å². The Hall–Kier alpha value is -2.11. The van der Waals surface area contributed by atoms with E-state index < -0.39 is 8.07 Å². The average Bonchev–Trinajstić information content (AvgIpc) is 2.94. The van der Waals surface area contributed by atoms with Gasteiger partial charge in [-0.1, -0.05) is 31.8 Å². The normalized spacial score (nSPS) is 12.3. The number of fused-ring (bicyclic) bond motifs is 1. The Morgan fingerprint density at radius 1 is 1.19 bits per heavy atom. The molecule has 4 nitrogen and oxygen atoms in total. The summed E-state index contributed by atoms with van der Waals surface area (Å²) in [6, 6.07) is 8.54. The Morgan fingerprint density at radius 2 is 1.92 bits per heavy atom. The van der Waals surface area contributed by atoms with Gasteiger partial charge in [-0.3, -0.25) is 0 Å². The van der Waals surface area contributed by atoms with Crippen molar-refractivity contribution < 1.29 is 4.74 Å². The van der Waals surface area contributed by atoms with Crippen molar-refractivity contribution in [2.24, 2.45) is 0 Å². The number of anilines is 1. The number of hydrogen-bond donors (Lipinski definition) is 2. The molecule has 0 bridgehead atoms. The van der Waals surface area contributed by atoms with Crippen LogP contribution in [0.4, 0.5) is 5.69 Å². The van der Waals surface area contributed by atoms with E-state index >= 15 is 0 Å². The Balaban J connectivity index is 2.21. The number of aromatic amines is 1. The molecule has 3 N–H and O–H groups in total. The Bertz CT molecular complexity index is 938. The van der Waals surface area contributed by atoms with Crippen LogP contribution in [0.25, 0.3) is 22.2 Å². The molecule has 5 heteroatoms. The highest BCUT2D eigenvalue weighted by molar-refractivity contribution is 6.89. The van der Waals surface area contributed by atoms with Gasteiger partial charge in [-0.2, -0.15) is 0 Å². The van der Waals surface area contributed by atoms with Gasteiger partial charge in [0.2, 0.25) is 0 Å². The van der Waals surface area contributed by atoms with Crippen molar-refractivity contribution in [1.29, 1.82) is 0 Å². The standard InChI is InChI=1S/C21H29N3OSi/c1-13(2)25-12-15-9-17-19(16-8-7-14(3)18(22)10-16)21(26(4,5)6)24-20(17)23-11-15/h7-11,13H,12,22H2,1-6H3,(H,23,24). The topological polar surface area (TPSA) is 63.9 Å². The number of nitrogens with one attached hydrogen (secondary N) is 1. The quantitative estimate of drug-likeness (QED) is 0.512. The van der Waals surface area contributed by atoms with Crippen LogP contribution in [0.5, 0.6) is 0 Å². The number of nitrogens with zero attached hydrogens (tertiary/aromatic N) is 1. The summed E-state index contributed by atoms with van der Waals surface area (Å²) in [5, 5.41) is 2.46. The smallest absolute Gasteiger partial charge is 0.137 e. The number of aryl methyl sites for hydroxylation is 1. The summed E-state index contributed by atoms with van der Waals surface area (Å²) in [6.45, 7) is 13.8. The van der Waals surface area contributed by atoms with Crippen LogP contribution in [0.3, 0.4) is 0 Å². The highest BCUT2D eigenvalue weighted by Gasteiger charge is 2.26. The first kappa shape index (κ1) is 18.7. The Labute approximate surface area is 156 Å². The van der Waals surface area contributed by atoms with Gasteiger partial charge < -0.3 is 15.5 Å². The lowest BCUT2D eigenvalue weighted by molar-refractivity contribution is 0.0656. The monoisotopic (exact) mass is 367 g/mol. The van der Waals surface area contributed by atoms with Crippen LogP contribution in [-0.4, -0.2) is 24.1 Å². The highest BCUT2D eigenvalue weighted by atomic mass is 28.3. The first-order valence-electron chi connectivity index (χ1n) is 9.16. The molecule has 0 saturated carbocycles. The van der Waals surface area contributed by atoms with E-state index in [-0.39, 0.29) is 6.10 Å². The van der Waals surface area contributed by atoms with Crippen molar-refractivity contribution in [3.63, 3.8) is 0 Å². The van der Waals surface area contributed by atoms with Crippen LogP contribution in [0, 0.1) is 6.92 Å². The third-order valence-electron chi connectivity index (χ3n) is 4.61. The largest absolute Gasteiger partial charge is 0.398 e. The van der Waals surface area contributed by atoms with Crippen molar-refractivity contribution in [2.75, 3.05) is 5.73 Å². The fourth-order valence-corrected chi connectivity index (χ4v) is 4.64. The van der Waals surface area contributed by atoms with Crippen molar-refractivity contribution in [2.45, 2.75) is 53.1 Å². The molecular formula is C21H29N3OSi. The highest BCUT2D eigenvalue weighted by Crippen LogP contribution is 2.31. The molecule has 0 aliphatic rings. The lowest BCUT2D eigenvalue weighted by Gasteiger charge is -2.18. The SMILES string of the molecule is Cc1ccc(-c2c([Si](C)(C)C)[nH]c3ncc(COC(C)C)cc23)cc1N. The molecular weight excluding hydrogens is 338 g/mol. The number of H-pyrrole nitrogens is 1. The number of rotatable bonds is 5. The summed E-state index contributed by atoms with van der Waals surface area (Å²) >= 11 is 0. The third-order valence-corrected chi connectivity index (χ3v) is 6.48. The molecule has 3 aromatic rings. The van der Waals surface area contributed by atoms with Gasteiger partial charge >= 0.3 is 0 Å². The summed E-state index contributed by atoms with van der Waals surface area (Å²) in [5.74, 6) is 0. The maximum absolute atomic E-state index is 6.21. The second-order valence-corrected chi connectivity index (χ2v) is 13.3. The first-order valence-corrected chi connectivity index (χ1v) is 12.7. The fraction of sp³-hybridized carbons (Fsp3) is 0.381. The molecule has 2 aromatic heterocycles. The second-order valence-electron chi connectivity index (χ2n) is 8.30. The number of benzene rings is 1. The number of aromatic nitrogens is 2. The summed E-state index contributed by atoms with van der Waals surface area (Å²) < 4.78 is 5.77. The second kappa shape index (κ2) is 6.89. The molecule has 1 aromatic carbocycles. The van der Waals surface area contributed by atoms with Gasteiger partial charge in [0, 0.05) is 28.2 Å². The maximum Gasteiger partial charge on any atom is 0.137 e. The van der Waals surface area contributed by atoms with E-state index in [1.165, 1.54) is 10.9 Å². The van der Waals surface area contributed by atoms with Gasteiger partial charge in [-0.05, 0) is 49.6 Å². The van der Waals surface area contributed by atoms with Crippen molar-refractivity contribution >= 4 is 30.1 Å². The summed E-state index contributed by atoms with van der Waals surface area (Å²) in [4.78, 5) is 8.27. The van der Waals surface area contributed by atoms with E-state index in [9.17, 15) is 0 Å². The zero-order valence-electron chi connectivity index (χ0n) is 16.6. The Kier molecular flexibility index (Phi) is 4.95. The van der Waals surface area contributed by atoms with Gasteiger partial charge in [0.25, 0.3) is 0 Å². The van der Waals surface area contributed by atoms with Gasteiger partial charge in [-0.15, -0.1) is 0 Å². The molecule has 0 fully saturated rings. The van der Waals surface area contributed by atoms with Gasteiger partial charge in [0.1, 0.15) is 5.65 Å². The molecule has 2 heterocycles.